The second kappa shape index (κ2) is 10.1. The van der Waals surface area contributed by atoms with Gasteiger partial charge in [-0.1, -0.05) is 17.7 Å². The Kier molecular flexibility index (Phi) is 6.99. The molecule has 184 valence electrons. The summed E-state index contributed by atoms with van der Waals surface area (Å²) in [6.45, 7) is 3.16. The summed E-state index contributed by atoms with van der Waals surface area (Å²) >= 11 is 0. The van der Waals surface area contributed by atoms with Gasteiger partial charge in [0.05, 0.1) is 23.6 Å². The second-order valence-corrected chi connectivity index (χ2v) is 8.97. The molecule has 2 saturated heterocycles. The number of hydrogen-bond donors (Lipinski definition) is 1. The standard InChI is InChI=1S/C25H28N4O6/c1-16-3-5-19(6-4-16)28-15-18(13-23(28)30)25(32)27-11-9-17(10-12-27)24(31)26-21-14-20(29(33)34)7-8-22(21)35-2/h3-8,14,17-18H,9-13,15H2,1-2H3,(H,26,31)/t18-/m1/s1. The van der Waals surface area contributed by atoms with Gasteiger partial charge >= 0.3 is 0 Å². The molecular weight excluding hydrogens is 452 g/mol. The molecule has 35 heavy (non-hydrogen) atoms. The van der Waals surface area contributed by atoms with Crippen molar-refractivity contribution in [1.82, 2.24) is 4.90 Å². The smallest absolute Gasteiger partial charge is 0.271 e. The van der Waals surface area contributed by atoms with Crippen molar-refractivity contribution in [3.05, 3.63) is 58.1 Å². The van der Waals surface area contributed by atoms with Crippen molar-refractivity contribution >= 4 is 34.8 Å². The Labute approximate surface area is 203 Å². The Hall–Kier alpha value is -3.95. The van der Waals surface area contributed by atoms with Crippen molar-refractivity contribution in [3.8, 4) is 5.75 Å². The molecule has 2 aromatic carbocycles. The molecule has 0 unspecified atom stereocenters. The number of ether oxygens (including phenoxy) is 1. The van der Waals surface area contributed by atoms with Gasteiger partial charge < -0.3 is 19.9 Å². The number of non-ortho nitro benzene ring substituents is 1. The molecule has 2 aliphatic heterocycles. The summed E-state index contributed by atoms with van der Waals surface area (Å²) in [5.74, 6) is -0.793. The van der Waals surface area contributed by atoms with Crippen LogP contribution in [0.3, 0.4) is 0 Å². The molecular formula is C25H28N4O6. The lowest BCUT2D eigenvalue weighted by molar-refractivity contribution is -0.384. The molecule has 2 aromatic rings. The molecule has 0 bridgehead atoms. The highest BCUT2D eigenvalue weighted by atomic mass is 16.6. The van der Waals surface area contributed by atoms with Crippen LogP contribution in [0.25, 0.3) is 0 Å². The number of anilines is 2. The van der Waals surface area contributed by atoms with E-state index >= 15 is 0 Å². The molecule has 10 nitrogen and oxygen atoms in total. The lowest BCUT2D eigenvalue weighted by Gasteiger charge is -2.33. The molecule has 0 aromatic heterocycles. The lowest BCUT2D eigenvalue weighted by atomic mass is 9.94. The highest BCUT2D eigenvalue weighted by Crippen LogP contribution is 2.31. The maximum Gasteiger partial charge on any atom is 0.271 e. The van der Waals surface area contributed by atoms with Crippen molar-refractivity contribution in [2.24, 2.45) is 11.8 Å². The topological polar surface area (TPSA) is 122 Å². The van der Waals surface area contributed by atoms with Crippen molar-refractivity contribution < 1.29 is 24.0 Å². The molecule has 0 radical (unpaired) electrons. The lowest BCUT2D eigenvalue weighted by Crippen LogP contribution is -2.44. The van der Waals surface area contributed by atoms with Gasteiger partial charge in [-0.05, 0) is 38.0 Å². The number of nitro benzene ring substituents is 1. The summed E-state index contributed by atoms with van der Waals surface area (Å²) in [6.07, 6.45) is 1.12. The van der Waals surface area contributed by atoms with Crippen LogP contribution in [-0.2, 0) is 14.4 Å². The molecule has 1 atom stereocenters. The van der Waals surface area contributed by atoms with Gasteiger partial charge in [-0.15, -0.1) is 0 Å². The van der Waals surface area contributed by atoms with Crippen LogP contribution in [0.1, 0.15) is 24.8 Å². The van der Waals surface area contributed by atoms with Gasteiger partial charge in [0.1, 0.15) is 5.75 Å². The summed E-state index contributed by atoms with van der Waals surface area (Å²) in [7, 11) is 1.43. The monoisotopic (exact) mass is 480 g/mol. The molecule has 2 heterocycles. The maximum absolute atomic E-state index is 13.1. The average molecular weight is 481 g/mol. The highest BCUT2D eigenvalue weighted by Gasteiger charge is 2.38. The number of aryl methyl sites for hydroxylation is 1. The first kappa shape index (κ1) is 24.2. The Morgan fingerprint density at radius 3 is 2.40 bits per heavy atom. The van der Waals surface area contributed by atoms with Gasteiger partial charge in [0, 0.05) is 49.8 Å². The van der Waals surface area contributed by atoms with Crippen LogP contribution in [0.4, 0.5) is 17.1 Å². The third-order valence-corrected chi connectivity index (χ3v) is 6.65. The second-order valence-electron chi connectivity index (χ2n) is 8.97. The predicted molar refractivity (Wildman–Crippen MR) is 129 cm³/mol. The van der Waals surface area contributed by atoms with Gasteiger partial charge in [-0.2, -0.15) is 0 Å². The first-order chi connectivity index (χ1) is 16.8. The normalized spacial score (nSPS) is 18.5. The van der Waals surface area contributed by atoms with E-state index in [0.717, 1.165) is 11.3 Å². The van der Waals surface area contributed by atoms with E-state index in [1.807, 2.05) is 31.2 Å². The molecule has 4 rings (SSSR count). The predicted octanol–water partition coefficient (Wildman–Crippen LogP) is 3.14. The Morgan fingerprint density at radius 2 is 1.77 bits per heavy atom. The largest absolute Gasteiger partial charge is 0.495 e. The van der Waals surface area contributed by atoms with Crippen LogP contribution < -0.4 is 15.0 Å². The number of benzene rings is 2. The van der Waals surface area contributed by atoms with Crippen LogP contribution in [0, 0.1) is 28.9 Å². The Balaban J connectivity index is 1.33. The van der Waals surface area contributed by atoms with Gasteiger partial charge in [0.25, 0.3) is 5.69 Å². The molecule has 1 N–H and O–H groups in total. The van der Waals surface area contributed by atoms with Crippen LogP contribution >= 0.6 is 0 Å². The Morgan fingerprint density at radius 1 is 1.09 bits per heavy atom. The van der Waals surface area contributed by atoms with E-state index in [0.29, 0.717) is 38.2 Å². The number of rotatable bonds is 6. The minimum atomic E-state index is -0.535. The van der Waals surface area contributed by atoms with Crippen molar-refractivity contribution in [1.29, 1.82) is 0 Å². The quantitative estimate of drug-likeness (QED) is 0.501. The Bertz CT molecular complexity index is 1140. The van der Waals surface area contributed by atoms with E-state index in [1.165, 1.54) is 25.3 Å². The zero-order valence-corrected chi connectivity index (χ0v) is 19.7. The molecule has 0 saturated carbocycles. The van der Waals surface area contributed by atoms with Gasteiger partial charge in [-0.25, -0.2) is 0 Å². The fourth-order valence-electron chi connectivity index (χ4n) is 4.61. The van der Waals surface area contributed by atoms with Crippen molar-refractivity contribution in [3.63, 3.8) is 0 Å². The summed E-state index contributed by atoms with van der Waals surface area (Å²) in [5.41, 5.74) is 1.99. The van der Waals surface area contributed by atoms with Crippen LogP contribution in [0.2, 0.25) is 0 Å². The first-order valence-electron chi connectivity index (χ1n) is 11.6. The fourth-order valence-corrected chi connectivity index (χ4v) is 4.61. The number of nitrogens with zero attached hydrogens (tertiary/aromatic N) is 3. The number of likely N-dealkylation sites (tertiary alicyclic amines) is 1. The number of carbonyl (C=O) groups excluding carboxylic acids is 3. The number of methoxy groups -OCH3 is 1. The van der Waals surface area contributed by atoms with Gasteiger partial charge in [-0.3, -0.25) is 24.5 Å². The number of piperidine rings is 1. The van der Waals surface area contributed by atoms with Crippen LogP contribution in [-0.4, -0.2) is 54.3 Å². The highest BCUT2D eigenvalue weighted by molar-refractivity contribution is 6.00. The van der Waals surface area contributed by atoms with Crippen molar-refractivity contribution in [2.45, 2.75) is 26.2 Å². The van der Waals surface area contributed by atoms with Crippen LogP contribution in [0.5, 0.6) is 5.75 Å². The minimum absolute atomic E-state index is 0.0626. The van der Waals surface area contributed by atoms with E-state index in [1.54, 1.807) is 9.80 Å². The number of amides is 3. The zero-order chi connectivity index (χ0) is 25.1. The minimum Gasteiger partial charge on any atom is -0.495 e. The molecule has 3 amide bonds. The SMILES string of the molecule is COc1ccc([N+](=O)[O-])cc1NC(=O)C1CCN(C(=O)[C@@H]2CC(=O)N(c3ccc(C)cc3)C2)CC1. The van der Waals surface area contributed by atoms with E-state index in [2.05, 4.69) is 5.32 Å². The molecule has 2 aliphatic rings. The number of nitro groups is 1. The summed E-state index contributed by atoms with van der Waals surface area (Å²) in [6, 6.07) is 11.7. The van der Waals surface area contributed by atoms with E-state index in [9.17, 15) is 24.5 Å². The molecule has 10 heteroatoms. The number of hydrogen-bond acceptors (Lipinski definition) is 6. The van der Waals surface area contributed by atoms with Gasteiger partial charge in [0.2, 0.25) is 17.7 Å². The summed E-state index contributed by atoms with van der Waals surface area (Å²) in [5, 5.41) is 13.8. The average Bonchev–Trinajstić information content (AvgIpc) is 3.25. The summed E-state index contributed by atoms with van der Waals surface area (Å²) < 4.78 is 5.21. The fraction of sp³-hybridized carbons (Fsp3) is 0.400. The summed E-state index contributed by atoms with van der Waals surface area (Å²) in [4.78, 5) is 52.4. The van der Waals surface area contributed by atoms with Gasteiger partial charge in [0.15, 0.2) is 0 Å². The zero-order valence-electron chi connectivity index (χ0n) is 19.7. The number of carbonyl (C=O) groups is 3. The van der Waals surface area contributed by atoms with E-state index < -0.39 is 10.8 Å². The van der Waals surface area contributed by atoms with Crippen LogP contribution in [0.15, 0.2) is 42.5 Å². The van der Waals surface area contributed by atoms with E-state index in [4.69, 9.17) is 4.74 Å². The third-order valence-electron chi connectivity index (χ3n) is 6.65. The molecule has 0 aliphatic carbocycles. The first-order valence-corrected chi connectivity index (χ1v) is 11.6. The maximum atomic E-state index is 13.1. The molecule has 0 spiro atoms. The molecule has 2 fully saturated rings. The van der Waals surface area contributed by atoms with E-state index in [-0.39, 0.29) is 41.4 Å². The number of nitrogens with one attached hydrogen (secondary N) is 1. The third kappa shape index (κ3) is 5.26. The van der Waals surface area contributed by atoms with Crippen molar-refractivity contribution in [2.75, 3.05) is 37.0 Å².